The molecule has 0 radical (unpaired) electrons. The molecule has 4 heteroatoms. The van der Waals surface area contributed by atoms with E-state index in [1.807, 2.05) is 0 Å². The molecule has 0 aromatic heterocycles. The smallest absolute Gasteiger partial charge is 0.117 e. The van der Waals surface area contributed by atoms with E-state index in [4.69, 9.17) is 23.2 Å². The molecule has 0 heterocycles. The van der Waals surface area contributed by atoms with Crippen molar-refractivity contribution >= 4 is 28.8 Å². The summed E-state index contributed by atoms with van der Waals surface area (Å²) in [5.41, 5.74) is 1.99. The van der Waals surface area contributed by atoms with Crippen molar-refractivity contribution in [3.8, 4) is 11.5 Å². The molecule has 0 amide bonds. The Balaban J connectivity index is 2.48. The number of aromatic hydroxyl groups is 2. The number of phenolic OH excluding ortho intramolecular Hbond substituents is 2. The summed E-state index contributed by atoms with van der Waals surface area (Å²) in [7, 11) is 0. The van der Waals surface area contributed by atoms with Gasteiger partial charge in [-0.3, -0.25) is 0 Å². The van der Waals surface area contributed by atoms with Crippen LogP contribution < -0.4 is 0 Å². The van der Waals surface area contributed by atoms with Crippen molar-refractivity contribution in [2.24, 2.45) is 0 Å². The van der Waals surface area contributed by atoms with Gasteiger partial charge in [0.05, 0.1) is 10.0 Å². The van der Waals surface area contributed by atoms with Crippen LogP contribution in [0.5, 0.6) is 11.5 Å². The second kappa shape index (κ2) is 4.92. The first kappa shape index (κ1) is 12.8. The molecule has 0 unspecified atom stereocenters. The fourth-order valence-electron chi connectivity index (χ4n) is 1.64. The highest BCUT2D eigenvalue weighted by molar-refractivity contribution is 6.34. The van der Waals surface area contributed by atoms with Gasteiger partial charge in [-0.1, -0.05) is 29.8 Å². The highest BCUT2D eigenvalue weighted by atomic mass is 35.5. The van der Waals surface area contributed by atoms with Crippen LogP contribution in [0.25, 0.3) is 5.57 Å². The Labute approximate surface area is 115 Å². The summed E-state index contributed by atoms with van der Waals surface area (Å²) in [6.45, 7) is 3.94. The molecule has 0 spiro atoms. The molecule has 2 aromatic carbocycles. The highest BCUT2D eigenvalue weighted by Gasteiger charge is 2.11. The fraction of sp³-hybridized carbons (Fsp3) is 0. The van der Waals surface area contributed by atoms with Crippen LogP contribution in [0, 0.1) is 0 Å². The molecular formula is C14H10Cl2O2. The topological polar surface area (TPSA) is 40.5 Å². The van der Waals surface area contributed by atoms with E-state index in [0.717, 1.165) is 0 Å². The lowest BCUT2D eigenvalue weighted by Crippen LogP contribution is -1.89. The summed E-state index contributed by atoms with van der Waals surface area (Å²) in [5.74, 6) is 0.182. The van der Waals surface area contributed by atoms with Crippen LogP contribution in [0.3, 0.4) is 0 Å². The molecule has 2 nitrogen and oxygen atoms in total. The monoisotopic (exact) mass is 280 g/mol. The minimum atomic E-state index is 0.0911. The van der Waals surface area contributed by atoms with Crippen molar-refractivity contribution in [2.45, 2.75) is 0 Å². The van der Waals surface area contributed by atoms with Crippen molar-refractivity contribution in [2.75, 3.05) is 0 Å². The molecular weight excluding hydrogens is 271 g/mol. The molecule has 0 atom stereocenters. The van der Waals surface area contributed by atoms with Gasteiger partial charge in [0.15, 0.2) is 0 Å². The largest absolute Gasteiger partial charge is 0.508 e. The number of rotatable bonds is 2. The normalized spacial score (nSPS) is 10.3. The van der Waals surface area contributed by atoms with Gasteiger partial charge in [0.25, 0.3) is 0 Å². The molecule has 92 valence electrons. The molecule has 2 rings (SSSR count). The van der Waals surface area contributed by atoms with E-state index >= 15 is 0 Å². The maximum atomic E-state index is 9.31. The van der Waals surface area contributed by atoms with E-state index in [0.29, 0.717) is 26.7 Å². The molecule has 0 saturated carbocycles. The van der Waals surface area contributed by atoms with Gasteiger partial charge < -0.3 is 10.2 Å². The van der Waals surface area contributed by atoms with Crippen LogP contribution in [0.15, 0.2) is 43.0 Å². The van der Waals surface area contributed by atoms with E-state index < -0.39 is 0 Å². The lowest BCUT2D eigenvalue weighted by atomic mass is 9.99. The first-order chi connectivity index (χ1) is 8.49. The minimum Gasteiger partial charge on any atom is -0.508 e. The van der Waals surface area contributed by atoms with Gasteiger partial charge in [-0.2, -0.15) is 0 Å². The third kappa shape index (κ3) is 2.45. The number of phenols is 2. The number of hydrogen-bond acceptors (Lipinski definition) is 2. The molecule has 2 aromatic rings. The molecule has 0 bridgehead atoms. The van der Waals surface area contributed by atoms with Crippen molar-refractivity contribution in [3.05, 3.63) is 64.1 Å². The van der Waals surface area contributed by atoms with Gasteiger partial charge in [-0.15, -0.1) is 0 Å². The maximum Gasteiger partial charge on any atom is 0.117 e. The number of halogens is 2. The SMILES string of the molecule is C=C(c1ccc(O)cc1Cl)c1ccc(O)cc1Cl. The molecule has 0 aliphatic rings. The Morgan fingerprint density at radius 2 is 1.22 bits per heavy atom. The predicted molar refractivity (Wildman–Crippen MR) is 74.4 cm³/mol. The minimum absolute atomic E-state index is 0.0911. The van der Waals surface area contributed by atoms with Crippen LogP contribution >= 0.6 is 23.2 Å². The molecule has 0 saturated heterocycles. The lowest BCUT2D eigenvalue weighted by molar-refractivity contribution is 0.475. The Morgan fingerprint density at radius 3 is 1.56 bits per heavy atom. The Bertz CT molecular complexity index is 568. The summed E-state index contributed by atoms with van der Waals surface area (Å²) >= 11 is 12.1. The van der Waals surface area contributed by atoms with Gasteiger partial charge in [0.1, 0.15) is 11.5 Å². The summed E-state index contributed by atoms with van der Waals surface area (Å²) in [6.07, 6.45) is 0. The van der Waals surface area contributed by atoms with Gasteiger partial charge >= 0.3 is 0 Å². The van der Waals surface area contributed by atoms with Gasteiger partial charge in [0.2, 0.25) is 0 Å². The van der Waals surface area contributed by atoms with Crippen molar-refractivity contribution in [3.63, 3.8) is 0 Å². The fourth-order valence-corrected chi connectivity index (χ4v) is 2.22. The Hall–Kier alpha value is -1.64. The first-order valence-corrected chi connectivity index (χ1v) is 5.91. The second-order valence-corrected chi connectivity index (χ2v) is 4.62. The third-order valence-corrected chi connectivity index (χ3v) is 3.18. The summed E-state index contributed by atoms with van der Waals surface area (Å²) in [5, 5.41) is 19.4. The standard InChI is InChI=1S/C14H10Cl2O2/c1-8(11-4-2-9(17)6-13(11)15)12-5-3-10(18)7-14(12)16/h2-7,17-18H,1H2. The van der Waals surface area contributed by atoms with Crippen LogP contribution in [0.2, 0.25) is 10.0 Å². The zero-order valence-electron chi connectivity index (χ0n) is 9.32. The molecule has 2 N–H and O–H groups in total. The number of hydrogen-bond donors (Lipinski definition) is 2. The zero-order chi connectivity index (χ0) is 13.3. The second-order valence-electron chi connectivity index (χ2n) is 3.81. The maximum absolute atomic E-state index is 9.31. The molecule has 18 heavy (non-hydrogen) atoms. The number of benzene rings is 2. The molecule has 0 aliphatic heterocycles. The molecule has 0 fully saturated rings. The Morgan fingerprint density at radius 1 is 0.833 bits per heavy atom. The zero-order valence-corrected chi connectivity index (χ0v) is 10.8. The summed E-state index contributed by atoms with van der Waals surface area (Å²) in [6, 6.07) is 9.28. The first-order valence-electron chi connectivity index (χ1n) is 5.15. The Kier molecular flexibility index (Phi) is 3.50. The van der Waals surface area contributed by atoms with E-state index in [9.17, 15) is 10.2 Å². The van der Waals surface area contributed by atoms with Crippen molar-refractivity contribution in [1.82, 2.24) is 0 Å². The van der Waals surface area contributed by atoms with Crippen molar-refractivity contribution < 1.29 is 10.2 Å². The van der Waals surface area contributed by atoms with E-state index in [1.54, 1.807) is 12.1 Å². The van der Waals surface area contributed by atoms with Crippen LogP contribution in [-0.2, 0) is 0 Å². The highest BCUT2D eigenvalue weighted by Crippen LogP contribution is 2.34. The van der Waals surface area contributed by atoms with Crippen LogP contribution in [-0.4, -0.2) is 10.2 Å². The quantitative estimate of drug-likeness (QED) is 0.852. The van der Waals surface area contributed by atoms with E-state index in [2.05, 4.69) is 6.58 Å². The predicted octanol–water partition coefficient (Wildman–Crippen LogP) is 4.47. The van der Waals surface area contributed by atoms with Gasteiger partial charge in [-0.25, -0.2) is 0 Å². The average Bonchev–Trinajstić information content (AvgIpc) is 2.28. The van der Waals surface area contributed by atoms with Crippen molar-refractivity contribution in [1.29, 1.82) is 0 Å². The van der Waals surface area contributed by atoms with E-state index in [1.165, 1.54) is 24.3 Å². The van der Waals surface area contributed by atoms with Gasteiger partial charge in [0, 0.05) is 11.1 Å². The average molecular weight is 281 g/mol. The van der Waals surface area contributed by atoms with Crippen LogP contribution in [0.1, 0.15) is 11.1 Å². The lowest BCUT2D eigenvalue weighted by Gasteiger charge is -2.10. The van der Waals surface area contributed by atoms with Crippen LogP contribution in [0.4, 0.5) is 0 Å². The third-order valence-electron chi connectivity index (χ3n) is 2.56. The summed E-state index contributed by atoms with van der Waals surface area (Å²) < 4.78 is 0. The molecule has 0 aliphatic carbocycles. The van der Waals surface area contributed by atoms with Gasteiger partial charge in [-0.05, 0) is 42.0 Å². The van der Waals surface area contributed by atoms with E-state index in [-0.39, 0.29) is 11.5 Å². The summed E-state index contributed by atoms with van der Waals surface area (Å²) in [4.78, 5) is 0.